The summed E-state index contributed by atoms with van der Waals surface area (Å²) in [5, 5.41) is 0.419. The van der Waals surface area contributed by atoms with E-state index in [0.717, 1.165) is 21.2 Å². The van der Waals surface area contributed by atoms with E-state index in [1.165, 1.54) is 23.1 Å². The Balaban J connectivity index is 1.85. The minimum Gasteiger partial charge on any atom is -0.493 e. The fraction of sp³-hybridized carbons (Fsp3) is 0.375. The summed E-state index contributed by atoms with van der Waals surface area (Å²) in [6.45, 7) is 2.59. The summed E-state index contributed by atoms with van der Waals surface area (Å²) in [4.78, 5) is 28.0. The lowest BCUT2D eigenvalue weighted by Gasteiger charge is -2.39. The molecule has 0 amide bonds. The average molecular weight is 349 g/mol. The first-order chi connectivity index (χ1) is 11.2. The van der Waals surface area contributed by atoms with Gasteiger partial charge in [0.2, 0.25) is 0 Å². The van der Waals surface area contributed by atoms with Crippen LogP contribution in [0.25, 0.3) is 0 Å². The van der Waals surface area contributed by atoms with Crippen molar-refractivity contribution in [1.82, 2.24) is 4.98 Å². The number of fused-ring (bicyclic) bond motifs is 5. The summed E-state index contributed by atoms with van der Waals surface area (Å²) >= 11 is 2.61. The first-order valence-corrected chi connectivity index (χ1v) is 9.16. The van der Waals surface area contributed by atoms with Crippen molar-refractivity contribution in [2.24, 2.45) is 5.92 Å². The maximum absolute atomic E-state index is 12.4. The van der Waals surface area contributed by atoms with E-state index in [2.05, 4.69) is 4.98 Å². The van der Waals surface area contributed by atoms with Crippen LogP contribution in [0, 0.1) is 5.92 Å². The summed E-state index contributed by atoms with van der Waals surface area (Å²) in [7, 11) is 0. The van der Waals surface area contributed by atoms with E-state index < -0.39 is 0 Å². The Morgan fingerprint density at radius 1 is 1.43 bits per heavy atom. The van der Waals surface area contributed by atoms with Crippen LogP contribution in [0.1, 0.15) is 23.3 Å². The van der Waals surface area contributed by atoms with Crippen LogP contribution in [-0.2, 0) is 9.53 Å². The lowest BCUT2D eigenvalue weighted by atomic mass is 9.80. The number of esters is 1. The largest absolute Gasteiger partial charge is 0.493 e. The molecular formula is C16H15NO4S2. The van der Waals surface area contributed by atoms with Gasteiger partial charge in [0.25, 0.3) is 0 Å². The number of ether oxygens (including phenoxy) is 2. The van der Waals surface area contributed by atoms with E-state index in [9.17, 15) is 9.59 Å². The van der Waals surface area contributed by atoms with Crippen LogP contribution in [0.15, 0.2) is 34.1 Å². The molecule has 2 aliphatic heterocycles. The van der Waals surface area contributed by atoms with Gasteiger partial charge >= 0.3 is 10.8 Å². The molecule has 4 rings (SSSR count). The Kier molecular flexibility index (Phi) is 3.69. The molecule has 0 unspecified atom stereocenters. The third-order valence-electron chi connectivity index (χ3n) is 4.19. The van der Waals surface area contributed by atoms with Gasteiger partial charge in [-0.1, -0.05) is 41.3 Å². The number of H-pyrrole nitrogens is 1. The SMILES string of the molecule is CCOC(=O)[C@H]1Sc2[nH]c(=O)sc2[C@H]2c3ccccc3OC[C@H]21. The quantitative estimate of drug-likeness (QED) is 0.844. The van der Waals surface area contributed by atoms with E-state index >= 15 is 0 Å². The highest BCUT2D eigenvalue weighted by Crippen LogP contribution is 2.53. The zero-order valence-electron chi connectivity index (χ0n) is 12.4. The van der Waals surface area contributed by atoms with Gasteiger partial charge < -0.3 is 14.5 Å². The Labute approximate surface area is 141 Å². The van der Waals surface area contributed by atoms with Gasteiger partial charge in [0.15, 0.2) is 0 Å². The molecule has 2 aliphatic rings. The van der Waals surface area contributed by atoms with Crippen molar-refractivity contribution in [3.63, 3.8) is 0 Å². The predicted octanol–water partition coefficient (Wildman–Crippen LogP) is 2.61. The molecular weight excluding hydrogens is 334 g/mol. The van der Waals surface area contributed by atoms with Crippen LogP contribution < -0.4 is 9.61 Å². The topological polar surface area (TPSA) is 68.4 Å². The Morgan fingerprint density at radius 2 is 2.26 bits per heavy atom. The second-order valence-electron chi connectivity index (χ2n) is 5.49. The number of carbonyl (C=O) groups excluding carboxylic acids is 1. The van der Waals surface area contributed by atoms with Gasteiger partial charge in [-0.2, -0.15) is 0 Å². The first kappa shape index (κ1) is 14.8. The molecule has 0 radical (unpaired) electrons. The summed E-state index contributed by atoms with van der Waals surface area (Å²) in [5.41, 5.74) is 1.04. The van der Waals surface area contributed by atoms with E-state index in [1.807, 2.05) is 24.3 Å². The van der Waals surface area contributed by atoms with Crippen molar-refractivity contribution in [3.8, 4) is 5.75 Å². The van der Waals surface area contributed by atoms with Crippen LogP contribution >= 0.6 is 23.1 Å². The molecule has 0 saturated carbocycles. The smallest absolute Gasteiger partial charge is 0.319 e. The van der Waals surface area contributed by atoms with Crippen LogP contribution in [0.2, 0.25) is 0 Å². The van der Waals surface area contributed by atoms with Crippen LogP contribution in [0.4, 0.5) is 0 Å². The van der Waals surface area contributed by atoms with Gasteiger partial charge in [0, 0.05) is 22.3 Å². The van der Waals surface area contributed by atoms with E-state index in [-0.39, 0.29) is 27.9 Å². The van der Waals surface area contributed by atoms with Crippen molar-refractivity contribution >= 4 is 29.1 Å². The van der Waals surface area contributed by atoms with E-state index in [0.29, 0.717) is 13.2 Å². The van der Waals surface area contributed by atoms with Crippen LogP contribution in [0.5, 0.6) is 5.75 Å². The maximum atomic E-state index is 12.4. The van der Waals surface area contributed by atoms with Crippen LogP contribution in [-0.4, -0.2) is 29.4 Å². The summed E-state index contributed by atoms with van der Waals surface area (Å²) < 4.78 is 11.1. The molecule has 0 bridgehead atoms. The van der Waals surface area contributed by atoms with Crippen molar-refractivity contribution in [2.75, 3.05) is 13.2 Å². The second-order valence-corrected chi connectivity index (χ2v) is 7.66. The molecule has 1 aromatic carbocycles. The lowest BCUT2D eigenvalue weighted by molar-refractivity contribution is -0.144. The number of nitrogens with one attached hydrogen (secondary N) is 1. The number of para-hydroxylation sites is 1. The molecule has 0 aliphatic carbocycles. The number of aromatic amines is 1. The number of aromatic nitrogens is 1. The third-order valence-corrected chi connectivity index (χ3v) is 6.64. The second kappa shape index (κ2) is 5.72. The van der Waals surface area contributed by atoms with E-state index in [4.69, 9.17) is 9.47 Å². The molecule has 3 heterocycles. The maximum Gasteiger partial charge on any atom is 0.319 e. The molecule has 0 fully saturated rings. The first-order valence-electron chi connectivity index (χ1n) is 7.47. The highest BCUT2D eigenvalue weighted by molar-refractivity contribution is 8.00. The monoisotopic (exact) mass is 349 g/mol. The molecule has 7 heteroatoms. The summed E-state index contributed by atoms with van der Waals surface area (Å²) in [5.74, 6) is 0.547. The summed E-state index contributed by atoms with van der Waals surface area (Å²) in [6.07, 6.45) is 0. The molecule has 0 spiro atoms. The normalized spacial score (nSPS) is 24.8. The summed E-state index contributed by atoms with van der Waals surface area (Å²) in [6, 6.07) is 7.83. The standard InChI is InChI=1S/C16H15NO4S2/c1-2-20-15(18)12-9-7-21-10-6-4-3-5-8(10)11(9)13-14(22-12)17-16(19)23-13/h3-6,9,11-12H,2,7H2,1H3,(H,17,19)/t9-,11+,12+/m1/s1. The molecule has 0 saturated heterocycles. The number of benzene rings is 1. The Morgan fingerprint density at radius 3 is 3.09 bits per heavy atom. The lowest BCUT2D eigenvalue weighted by Crippen LogP contribution is -2.41. The number of hydrogen-bond acceptors (Lipinski definition) is 6. The average Bonchev–Trinajstić information content (AvgIpc) is 2.93. The Hall–Kier alpha value is -1.73. The molecule has 1 aromatic heterocycles. The zero-order valence-corrected chi connectivity index (χ0v) is 14.0. The van der Waals surface area contributed by atoms with Gasteiger partial charge in [-0.15, -0.1) is 0 Å². The Bertz CT molecular complexity index is 812. The van der Waals surface area contributed by atoms with Crippen molar-refractivity contribution in [1.29, 1.82) is 0 Å². The molecule has 2 aromatic rings. The van der Waals surface area contributed by atoms with Gasteiger partial charge in [-0.25, -0.2) is 0 Å². The van der Waals surface area contributed by atoms with Gasteiger partial charge in [0.1, 0.15) is 11.0 Å². The van der Waals surface area contributed by atoms with Crippen molar-refractivity contribution < 1.29 is 14.3 Å². The predicted molar refractivity (Wildman–Crippen MR) is 88.5 cm³/mol. The van der Waals surface area contributed by atoms with Crippen molar-refractivity contribution in [2.45, 2.75) is 23.1 Å². The fourth-order valence-electron chi connectivity index (χ4n) is 3.26. The molecule has 23 heavy (non-hydrogen) atoms. The van der Waals surface area contributed by atoms with Gasteiger partial charge in [-0.05, 0) is 13.0 Å². The third kappa shape index (κ3) is 2.38. The molecule has 3 atom stereocenters. The zero-order chi connectivity index (χ0) is 16.0. The number of hydrogen-bond donors (Lipinski definition) is 1. The molecule has 1 N–H and O–H groups in total. The molecule has 5 nitrogen and oxygen atoms in total. The van der Waals surface area contributed by atoms with Gasteiger partial charge in [0.05, 0.1) is 18.2 Å². The fourth-order valence-corrected chi connectivity index (χ4v) is 5.74. The van der Waals surface area contributed by atoms with E-state index in [1.54, 1.807) is 6.92 Å². The van der Waals surface area contributed by atoms with Crippen LogP contribution in [0.3, 0.4) is 0 Å². The number of rotatable bonds is 2. The molecule has 120 valence electrons. The van der Waals surface area contributed by atoms with Crippen molar-refractivity contribution in [3.05, 3.63) is 44.4 Å². The highest BCUT2D eigenvalue weighted by atomic mass is 32.2. The minimum atomic E-state index is -0.369. The highest BCUT2D eigenvalue weighted by Gasteiger charge is 2.47. The number of thioether (sulfide) groups is 1. The minimum absolute atomic E-state index is 0.00504. The number of carbonyl (C=O) groups is 1. The van der Waals surface area contributed by atoms with Gasteiger partial charge in [-0.3, -0.25) is 9.59 Å². The number of thiazole rings is 1.